The van der Waals surface area contributed by atoms with Crippen LogP contribution in [0.1, 0.15) is 47.5 Å². The van der Waals surface area contributed by atoms with Gasteiger partial charge in [0.2, 0.25) is 5.91 Å². The van der Waals surface area contributed by atoms with Gasteiger partial charge in [-0.1, -0.05) is 6.07 Å². The number of nitriles is 2. The Morgan fingerprint density at radius 3 is 2.71 bits per heavy atom. The van der Waals surface area contributed by atoms with E-state index in [4.69, 9.17) is 10.5 Å². The Labute approximate surface area is 185 Å². The number of carbonyl (C=O) groups excluding carboxylic acids is 2. The van der Waals surface area contributed by atoms with Gasteiger partial charge in [-0.05, 0) is 55.4 Å². The third kappa shape index (κ3) is 4.50. The summed E-state index contributed by atoms with van der Waals surface area (Å²) in [5.41, 5.74) is 2.37. The van der Waals surface area contributed by atoms with Gasteiger partial charge in [0.1, 0.15) is 6.04 Å². The molecule has 2 aliphatic rings. The van der Waals surface area contributed by atoms with Crippen molar-refractivity contribution in [2.45, 2.75) is 37.6 Å². The zero-order valence-corrected chi connectivity index (χ0v) is 17.9. The number of nitrogens with one attached hydrogen (secondary N) is 1. The van der Waals surface area contributed by atoms with Crippen LogP contribution in [0.25, 0.3) is 10.9 Å². The van der Waals surface area contributed by atoms with E-state index in [0.717, 1.165) is 42.1 Å². The van der Waals surface area contributed by atoms with Crippen molar-refractivity contribution < 1.29 is 9.59 Å². The van der Waals surface area contributed by atoms with Gasteiger partial charge in [0.05, 0.1) is 35.6 Å². The van der Waals surface area contributed by atoms with Crippen molar-refractivity contribution in [3.05, 3.63) is 41.6 Å². The van der Waals surface area contributed by atoms with Gasteiger partial charge in [-0.3, -0.25) is 14.6 Å². The van der Waals surface area contributed by atoms with Crippen LogP contribution in [0.2, 0.25) is 0 Å². The van der Waals surface area contributed by atoms with Crippen molar-refractivity contribution in [1.82, 2.24) is 15.2 Å². The predicted molar refractivity (Wildman–Crippen MR) is 118 cm³/mol. The molecule has 1 N–H and O–H groups in total. The maximum atomic E-state index is 12.9. The van der Waals surface area contributed by atoms with Crippen molar-refractivity contribution in [2.75, 3.05) is 18.2 Å². The lowest BCUT2D eigenvalue weighted by molar-refractivity contribution is -0.129. The fourth-order valence-corrected chi connectivity index (χ4v) is 5.42. The molecule has 1 atom stereocenters. The van der Waals surface area contributed by atoms with Gasteiger partial charge in [-0.2, -0.15) is 10.5 Å². The lowest BCUT2D eigenvalue weighted by atomic mass is 9.79. The zero-order valence-electron chi connectivity index (χ0n) is 17.1. The van der Waals surface area contributed by atoms with E-state index in [0.29, 0.717) is 23.1 Å². The van der Waals surface area contributed by atoms with E-state index in [1.54, 1.807) is 12.3 Å². The molecule has 1 aliphatic carbocycles. The Morgan fingerprint density at radius 1 is 1.16 bits per heavy atom. The molecule has 31 heavy (non-hydrogen) atoms. The minimum Gasteiger partial charge on any atom is -0.343 e. The molecule has 158 valence electrons. The molecule has 1 saturated carbocycles. The number of hydrogen-bond acceptors (Lipinski definition) is 6. The SMILES string of the molecule is N#CC1CCC(c2ccc3nccc(C(=O)NCC(=O)N4CSC[C@H]4C#N)c3c2)CC1. The Morgan fingerprint density at radius 2 is 1.97 bits per heavy atom. The van der Waals surface area contributed by atoms with E-state index in [9.17, 15) is 9.59 Å². The molecule has 1 aromatic carbocycles. The second kappa shape index (κ2) is 9.36. The van der Waals surface area contributed by atoms with Gasteiger partial charge >= 0.3 is 0 Å². The third-order valence-electron chi connectivity index (χ3n) is 6.14. The number of aromatic nitrogens is 1. The molecule has 0 bridgehead atoms. The number of nitrogens with zero attached hydrogens (tertiary/aromatic N) is 4. The first kappa shape index (κ1) is 21.1. The minimum absolute atomic E-state index is 0.140. The number of pyridine rings is 1. The molecule has 0 radical (unpaired) electrons. The van der Waals surface area contributed by atoms with E-state index >= 15 is 0 Å². The van der Waals surface area contributed by atoms with Crippen LogP contribution in [0.15, 0.2) is 30.5 Å². The Hall–Kier alpha value is -3.10. The predicted octanol–water partition coefficient (Wildman–Crippen LogP) is 3.19. The smallest absolute Gasteiger partial charge is 0.252 e. The summed E-state index contributed by atoms with van der Waals surface area (Å²) in [5.74, 6) is 1.02. The van der Waals surface area contributed by atoms with E-state index in [-0.39, 0.29) is 24.3 Å². The summed E-state index contributed by atoms with van der Waals surface area (Å²) < 4.78 is 0. The molecule has 1 aliphatic heterocycles. The normalized spacial score (nSPS) is 23.2. The Kier molecular flexibility index (Phi) is 6.39. The first-order chi connectivity index (χ1) is 15.1. The van der Waals surface area contributed by atoms with Crippen LogP contribution in [0.4, 0.5) is 0 Å². The molecule has 1 saturated heterocycles. The lowest BCUT2D eigenvalue weighted by Gasteiger charge is -2.25. The third-order valence-corrected chi connectivity index (χ3v) is 7.16. The fraction of sp³-hybridized carbons (Fsp3) is 0.435. The Balaban J connectivity index is 1.49. The number of fused-ring (bicyclic) bond motifs is 1. The molecule has 1 aromatic heterocycles. The molecule has 0 spiro atoms. The highest BCUT2D eigenvalue weighted by molar-refractivity contribution is 7.99. The summed E-state index contributed by atoms with van der Waals surface area (Å²) in [5, 5.41) is 21.8. The molecular formula is C23H23N5O2S. The van der Waals surface area contributed by atoms with Crippen LogP contribution in [-0.2, 0) is 4.79 Å². The topological polar surface area (TPSA) is 110 Å². The molecule has 4 rings (SSSR count). The molecule has 2 heterocycles. The van der Waals surface area contributed by atoms with Gasteiger partial charge < -0.3 is 10.2 Å². The second-order valence-corrected chi connectivity index (χ2v) is 9.00. The largest absolute Gasteiger partial charge is 0.343 e. The van der Waals surface area contributed by atoms with Gasteiger partial charge in [-0.25, -0.2) is 0 Å². The summed E-state index contributed by atoms with van der Waals surface area (Å²) >= 11 is 1.54. The van der Waals surface area contributed by atoms with Crippen molar-refractivity contribution >= 4 is 34.5 Å². The second-order valence-electron chi connectivity index (χ2n) is 8.00. The summed E-state index contributed by atoms with van der Waals surface area (Å²) in [6.45, 7) is -0.140. The standard InChI is InChI=1S/C23H23N5O2S/c24-10-15-1-3-16(4-2-15)17-5-6-21-20(9-17)19(7-8-26-21)23(30)27-12-22(29)28-14-31-13-18(28)11-25/h5-9,15-16,18H,1-4,12-14H2,(H,27,30)/t15?,16?,18-/m1/s1. The number of amides is 2. The quantitative estimate of drug-likeness (QED) is 0.793. The molecule has 2 amide bonds. The van der Waals surface area contributed by atoms with E-state index in [1.165, 1.54) is 16.7 Å². The zero-order chi connectivity index (χ0) is 21.8. The average Bonchev–Trinajstić information content (AvgIpc) is 3.31. The summed E-state index contributed by atoms with van der Waals surface area (Å²) in [6.07, 6.45) is 5.34. The maximum absolute atomic E-state index is 12.9. The molecule has 8 heteroatoms. The highest BCUT2D eigenvalue weighted by Gasteiger charge is 2.29. The number of benzene rings is 1. The van der Waals surface area contributed by atoms with E-state index in [2.05, 4.69) is 28.5 Å². The minimum atomic E-state index is -0.435. The average molecular weight is 434 g/mol. The molecule has 2 fully saturated rings. The van der Waals surface area contributed by atoms with Gasteiger partial charge in [0.25, 0.3) is 5.91 Å². The maximum Gasteiger partial charge on any atom is 0.252 e. The van der Waals surface area contributed by atoms with Gasteiger partial charge in [0.15, 0.2) is 0 Å². The van der Waals surface area contributed by atoms with Crippen molar-refractivity contribution in [1.29, 1.82) is 10.5 Å². The highest BCUT2D eigenvalue weighted by Crippen LogP contribution is 2.36. The van der Waals surface area contributed by atoms with Crippen LogP contribution >= 0.6 is 11.8 Å². The van der Waals surface area contributed by atoms with E-state index < -0.39 is 6.04 Å². The van der Waals surface area contributed by atoms with Gasteiger partial charge in [-0.15, -0.1) is 11.8 Å². The number of hydrogen-bond donors (Lipinski definition) is 1. The lowest BCUT2D eigenvalue weighted by Crippen LogP contribution is -2.42. The fourth-order valence-electron chi connectivity index (χ4n) is 4.32. The van der Waals surface area contributed by atoms with E-state index in [1.807, 2.05) is 12.1 Å². The first-order valence-electron chi connectivity index (χ1n) is 10.4. The van der Waals surface area contributed by atoms with Crippen molar-refractivity contribution in [3.8, 4) is 12.1 Å². The molecule has 7 nitrogen and oxygen atoms in total. The van der Waals surface area contributed by atoms with Gasteiger partial charge in [0, 0.05) is 23.3 Å². The monoisotopic (exact) mass is 433 g/mol. The summed E-state index contributed by atoms with van der Waals surface area (Å²) in [6, 6.07) is 11.7. The van der Waals surface area contributed by atoms with Crippen LogP contribution in [-0.4, -0.2) is 45.9 Å². The van der Waals surface area contributed by atoms with Crippen LogP contribution in [0.3, 0.4) is 0 Å². The first-order valence-corrected chi connectivity index (χ1v) is 11.6. The van der Waals surface area contributed by atoms with Crippen LogP contribution in [0, 0.1) is 28.6 Å². The van der Waals surface area contributed by atoms with Crippen LogP contribution < -0.4 is 5.32 Å². The molecule has 0 unspecified atom stereocenters. The number of rotatable bonds is 4. The highest BCUT2D eigenvalue weighted by atomic mass is 32.2. The van der Waals surface area contributed by atoms with Crippen molar-refractivity contribution in [2.24, 2.45) is 5.92 Å². The number of thioether (sulfide) groups is 1. The summed E-state index contributed by atoms with van der Waals surface area (Å²) in [7, 11) is 0. The molecular weight excluding hydrogens is 410 g/mol. The number of carbonyl (C=O) groups is 2. The van der Waals surface area contributed by atoms with Crippen LogP contribution in [0.5, 0.6) is 0 Å². The molecule has 2 aromatic rings. The Bertz CT molecular complexity index is 1080. The summed E-state index contributed by atoms with van der Waals surface area (Å²) in [4.78, 5) is 31.2. The van der Waals surface area contributed by atoms with Crippen molar-refractivity contribution in [3.63, 3.8) is 0 Å².